The molecule has 0 amide bonds. The monoisotopic (exact) mass is 270 g/mol. The van der Waals surface area contributed by atoms with Crippen LogP contribution >= 0.6 is 15.9 Å². The molecule has 0 spiro atoms. The molecule has 1 N–H and O–H groups in total. The third kappa shape index (κ3) is 1.61. The number of hydrogen-bond donors (Lipinski definition) is 1. The summed E-state index contributed by atoms with van der Waals surface area (Å²) in [5.41, 5.74) is 1.61. The van der Waals surface area contributed by atoms with E-state index in [1.807, 2.05) is 18.2 Å². The lowest BCUT2D eigenvalue weighted by molar-refractivity contribution is 0.275. The van der Waals surface area contributed by atoms with Crippen LogP contribution in [0.15, 0.2) is 27.5 Å². The van der Waals surface area contributed by atoms with Gasteiger partial charge in [-0.3, -0.25) is 9.13 Å². The number of hydrogen-bond acceptors (Lipinski definition) is 2. The van der Waals surface area contributed by atoms with Gasteiger partial charge in [-0.25, -0.2) is 4.79 Å². The van der Waals surface area contributed by atoms with Crippen LogP contribution in [0.3, 0.4) is 0 Å². The molecule has 1 aromatic heterocycles. The highest BCUT2D eigenvalue weighted by Gasteiger charge is 2.09. The standard InChI is InChI=1S/C10H11BrN2O2/c1-12-8-3-2-7(11)6-9(8)13(4-5-14)10(12)15/h2-3,6,14H,4-5H2,1H3. The van der Waals surface area contributed by atoms with Gasteiger partial charge in [0.1, 0.15) is 0 Å². The van der Waals surface area contributed by atoms with E-state index in [-0.39, 0.29) is 12.3 Å². The Hall–Kier alpha value is -1.07. The molecule has 0 bridgehead atoms. The summed E-state index contributed by atoms with van der Waals surface area (Å²) < 4.78 is 4.07. The Labute approximate surface area is 94.9 Å². The summed E-state index contributed by atoms with van der Waals surface area (Å²) in [7, 11) is 1.73. The van der Waals surface area contributed by atoms with Gasteiger partial charge in [-0.1, -0.05) is 15.9 Å². The third-order valence-corrected chi connectivity index (χ3v) is 2.92. The molecule has 1 heterocycles. The zero-order valence-electron chi connectivity index (χ0n) is 8.27. The fourth-order valence-electron chi connectivity index (χ4n) is 1.70. The fraction of sp³-hybridized carbons (Fsp3) is 0.300. The molecule has 15 heavy (non-hydrogen) atoms. The van der Waals surface area contributed by atoms with Crippen molar-refractivity contribution in [3.63, 3.8) is 0 Å². The fourth-order valence-corrected chi connectivity index (χ4v) is 2.05. The van der Waals surface area contributed by atoms with Crippen molar-refractivity contribution in [3.05, 3.63) is 33.2 Å². The molecule has 0 saturated heterocycles. The Balaban J connectivity index is 2.82. The molecular formula is C10H11BrN2O2. The van der Waals surface area contributed by atoms with E-state index in [1.165, 1.54) is 0 Å². The summed E-state index contributed by atoms with van der Waals surface area (Å²) in [6.45, 7) is 0.290. The zero-order chi connectivity index (χ0) is 11.0. The minimum Gasteiger partial charge on any atom is -0.395 e. The average molecular weight is 271 g/mol. The number of fused-ring (bicyclic) bond motifs is 1. The number of nitrogens with zero attached hydrogens (tertiary/aromatic N) is 2. The van der Waals surface area contributed by atoms with Crippen LogP contribution in [0.5, 0.6) is 0 Å². The maximum Gasteiger partial charge on any atom is 0.328 e. The number of halogens is 1. The SMILES string of the molecule is Cn1c(=O)n(CCO)c2cc(Br)ccc21. The van der Waals surface area contributed by atoms with Gasteiger partial charge in [0.15, 0.2) is 0 Å². The van der Waals surface area contributed by atoms with Crippen LogP contribution in [-0.2, 0) is 13.6 Å². The Bertz CT molecular complexity index is 556. The van der Waals surface area contributed by atoms with Crippen LogP contribution in [0.4, 0.5) is 0 Å². The summed E-state index contributed by atoms with van der Waals surface area (Å²) in [6.07, 6.45) is 0. The summed E-state index contributed by atoms with van der Waals surface area (Å²) in [4.78, 5) is 11.8. The lowest BCUT2D eigenvalue weighted by atomic mass is 10.3. The molecule has 0 unspecified atom stereocenters. The molecule has 5 heteroatoms. The molecule has 0 fully saturated rings. The second-order valence-corrected chi connectivity index (χ2v) is 4.27. The van der Waals surface area contributed by atoms with E-state index < -0.39 is 0 Å². The highest BCUT2D eigenvalue weighted by Crippen LogP contribution is 2.18. The van der Waals surface area contributed by atoms with Crippen LogP contribution in [0.1, 0.15) is 0 Å². The van der Waals surface area contributed by atoms with E-state index in [2.05, 4.69) is 15.9 Å². The van der Waals surface area contributed by atoms with Gasteiger partial charge in [0.05, 0.1) is 24.2 Å². The predicted molar refractivity (Wildman–Crippen MR) is 62.0 cm³/mol. The lowest BCUT2D eigenvalue weighted by Crippen LogP contribution is -2.23. The Morgan fingerprint density at radius 1 is 1.40 bits per heavy atom. The normalized spacial score (nSPS) is 11.1. The minimum absolute atomic E-state index is 0.0362. The first kappa shape index (κ1) is 10.4. The van der Waals surface area contributed by atoms with Crippen LogP contribution in [0.25, 0.3) is 11.0 Å². The molecule has 0 saturated carbocycles. The molecule has 0 atom stereocenters. The van der Waals surface area contributed by atoms with E-state index in [9.17, 15) is 4.79 Å². The van der Waals surface area contributed by atoms with Crippen molar-refractivity contribution in [1.82, 2.24) is 9.13 Å². The molecule has 1 aromatic carbocycles. The summed E-state index contributed by atoms with van der Waals surface area (Å²) in [5.74, 6) is 0. The maximum absolute atomic E-state index is 11.8. The second-order valence-electron chi connectivity index (χ2n) is 3.35. The molecule has 0 aliphatic heterocycles. The molecule has 80 valence electrons. The molecular weight excluding hydrogens is 260 g/mol. The molecule has 0 aliphatic rings. The van der Waals surface area contributed by atoms with Crippen LogP contribution in [0.2, 0.25) is 0 Å². The van der Waals surface area contributed by atoms with Gasteiger partial charge >= 0.3 is 5.69 Å². The summed E-state index contributed by atoms with van der Waals surface area (Å²) in [6, 6.07) is 5.66. The van der Waals surface area contributed by atoms with Gasteiger partial charge < -0.3 is 5.11 Å². The van der Waals surface area contributed by atoms with Gasteiger partial charge in [-0.2, -0.15) is 0 Å². The minimum atomic E-state index is -0.0999. The van der Waals surface area contributed by atoms with Crippen LogP contribution in [-0.4, -0.2) is 20.8 Å². The van der Waals surface area contributed by atoms with Crippen LogP contribution in [0, 0.1) is 0 Å². The maximum atomic E-state index is 11.8. The van der Waals surface area contributed by atoms with E-state index in [0.717, 1.165) is 15.5 Å². The largest absolute Gasteiger partial charge is 0.395 e. The Morgan fingerprint density at radius 2 is 2.13 bits per heavy atom. The van der Waals surface area contributed by atoms with E-state index in [0.29, 0.717) is 6.54 Å². The molecule has 4 nitrogen and oxygen atoms in total. The molecule has 2 rings (SSSR count). The summed E-state index contributed by atoms with van der Waals surface area (Å²) >= 11 is 3.36. The lowest BCUT2D eigenvalue weighted by Gasteiger charge is -1.99. The quantitative estimate of drug-likeness (QED) is 0.889. The average Bonchev–Trinajstić information content (AvgIpc) is 2.44. The topological polar surface area (TPSA) is 47.2 Å². The summed E-state index contributed by atoms with van der Waals surface area (Å²) in [5, 5.41) is 8.90. The van der Waals surface area contributed by atoms with Gasteiger partial charge in [0.2, 0.25) is 0 Å². The number of imidazole rings is 1. The van der Waals surface area contributed by atoms with E-state index in [1.54, 1.807) is 16.2 Å². The number of aliphatic hydroxyl groups is 1. The molecule has 0 aliphatic carbocycles. The van der Waals surface area contributed by atoms with E-state index >= 15 is 0 Å². The molecule has 2 aromatic rings. The Morgan fingerprint density at radius 3 is 2.80 bits per heavy atom. The molecule has 0 radical (unpaired) electrons. The van der Waals surface area contributed by atoms with Crippen LogP contribution < -0.4 is 5.69 Å². The van der Waals surface area contributed by atoms with Crippen molar-refractivity contribution in [2.45, 2.75) is 6.54 Å². The van der Waals surface area contributed by atoms with Crippen molar-refractivity contribution in [2.24, 2.45) is 7.05 Å². The second kappa shape index (κ2) is 3.83. The Kier molecular flexibility index (Phi) is 2.67. The van der Waals surface area contributed by atoms with Gasteiger partial charge in [-0.05, 0) is 18.2 Å². The number of aliphatic hydroxyl groups excluding tert-OH is 1. The number of aryl methyl sites for hydroxylation is 1. The van der Waals surface area contributed by atoms with Crippen molar-refractivity contribution in [2.75, 3.05) is 6.61 Å². The highest BCUT2D eigenvalue weighted by atomic mass is 79.9. The smallest absolute Gasteiger partial charge is 0.328 e. The number of benzene rings is 1. The first-order valence-corrected chi connectivity index (χ1v) is 5.40. The van der Waals surface area contributed by atoms with Crippen molar-refractivity contribution < 1.29 is 5.11 Å². The van der Waals surface area contributed by atoms with Gasteiger partial charge in [-0.15, -0.1) is 0 Å². The van der Waals surface area contributed by atoms with Crippen molar-refractivity contribution in [1.29, 1.82) is 0 Å². The number of rotatable bonds is 2. The predicted octanol–water partition coefficient (Wildman–Crippen LogP) is 1.09. The first-order valence-electron chi connectivity index (χ1n) is 4.61. The van der Waals surface area contributed by atoms with Crippen molar-refractivity contribution in [3.8, 4) is 0 Å². The van der Waals surface area contributed by atoms with Crippen molar-refractivity contribution >= 4 is 27.0 Å². The third-order valence-electron chi connectivity index (χ3n) is 2.43. The highest BCUT2D eigenvalue weighted by molar-refractivity contribution is 9.10. The van der Waals surface area contributed by atoms with Gasteiger partial charge in [0, 0.05) is 11.5 Å². The van der Waals surface area contributed by atoms with Gasteiger partial charge in [0.25, 0.3) is 0 Å². The zero-order valence-corrected chi connectivity index (χ0v) is 9.86. The number of aromatic nitrogens is 2. The van der Waals surface area contributed by atoms with E-state index in [4.69, 9.17) is 5.11 Å². The first-order chi connectivity index (χ1) is 7.15.